The molecule has 1 atom stereocenters. The van der Waals surface area contributed by atoms with E-state index in [-0.39, 0.29) is 5.54 Å². The molecular weight excluding hydrogens is 232 g/mol. The van der Waals surface area contributed by atoms with Gasteiger partial charge in [0.15, 0.2) is 0 Å². The SMILES string of the molecule is CC1CNC(C)(C)CN(c2ccccc2Cl)C1. The third-order valence-corrected chi connectivity index (χ3v) is 3.56. The first-order valence-corrected chi connectivity index (χ1v) is 6.60. The van der Waals surface area contributed by atoms with E-state index in [9.17, 15) is 0 Å². The summed E-state index contributed by atoms with van der Waals surface area (Å²) in [5.41, 5.74) is 1.28. The second-order valence-corrected chi connectivity index (χ2v) is 6.11. The molecule has 0 saturated carbocycles. The smallest absolute Gasteiger partial charge is 0.0639 e. The number of nitrogens with zero attached hydrogens (tertiary/aromatic N) is 1. The second kappa shape index (κ2) is 4.87. The molecule has 2 rings (SSSR count). The summed E-state index contributed by atoms with van der Waals surface area (Å²) in [5, 5.41) is 4.45. The van der Waals surface area contributed by atoms with Gasteiger partial charge in [0.1, 0.15) is 0 Å². The molecule has 3 heteroatoms. The van der Waals surface area contributed by atoms with E-state index in [1.165, 1.54) is 0 Å². The largest absolute Gasteiger partial charge is 0.368 e. The van der Waals surface area contributed by atoms with E-state index in [4.69, 9.17) is 11.6 Å². The van der Waals surface area contributed by atoms with Crippen molar-refractivity contribution in [1.29, 1.82) is 0 Å². The zero-order valence-corrected chi connectivity index (χ0v) is 11.6. The number of nitrogens with one attached hydrogen (secondary N) is 1. The Hall–Kier alpha value is -0.730. The third kappa shape index (κ3) is 3.14. The van der Waals surface area contributed by atoms with Gasteiger partial charge in [-0.1, -0.05) is 30.7 Å². The first kappa shape index (κ1) is 12.7. The molecule has 1 heterocycles. The van der Waals surface area contributed by atoms with Gasteiger partial charge < -0.3 is 10.2 Å². The predicted molar refractivity (Wildman–Crippen MR) is 74.9 cm³/mol. The maximum absolute atomic E-state index is 6.29. The van der Waals surface area contributed by atoms with Gasteiger partial charge in [0.25, 0.3) is 0 Å². The number of benzene rings is 1. The predicted octanol–water partition coefficient (Wildman–Crippen LogP) is 3.16. The van der Waals surface area contributed by atoms with Gasteiger partial charge in [-0.25, -0.2) is 0 Å². The van der Waals surface area contributed by atoms with Crippen molar-refractivity contribution < 1.29 is 0 Å². The summed E-state index contributed by atoms with van der Waals surface area (Å²) < 4.78 is 0. The first-order valence-electron chi connectivity index (χ1n) is 6.22. The summed E-state index contributed by atoms with van der Waals surface area (Å²) in [6.45, 7) is 9.87. The van der Waals surface area contributed by atoms with Crippen LogP contribution in [0.2, 0.25) is 5.02 Å². The number of anilines is 1. The Kier molecular flexibility index (Phi) is 3.64. The molecule has 0 aromatic heterocycles. The lowest BCUT2D eigenvalue weighted by Crippen LogP contribution is -2.46. The van der Waals surface area contributed by atoms with Gasteiger partial charge in [0.2, 0.25) is 0 Å². The van der Waals surface area contributed by atoms with Crippen molar-refractivity contribution in [2.75, 3.05) is 24.5 Å². The van der Waals surface area contributed by atoms with Crippen molar-refractivity contribution >= 4 is 17.3 Å². The lowest BCUT2D eigenvalue weighted by molar-refractivity contribution is 0.402. The lowest BCUT2D eigenvalue weighted by Gasteiger charge is -2.32. The number of rotatable bonds is 1. The van der Waals surface area contributed by atoms with Crippen LogP contribution in [0, 0.1) is 5.92 Å². The Bertz CT molecular complexity index is 390. The van der Waals surface area contributed by atoms with Gasteiger partial charge in [0.05, 0.1) is 10.7 Å². The summed E-state index contributed by atoms with van der Waals surface area (Å²) in [6, 6.07) is 8.11. The second-order valence-electron chi connectivity index (χ2n) is 5.70. The molecule has 1 aromatic carbocycles. The average Bonchev–Trinajstić information content (AvgIpc) is 2.38. The van der Waals surface area contributed by atoms with Crippen molar-refractivity contribution in [2.45, 2.75) is 26.3 Å². The van der Waals surface area contributed by atoms with E-state index in [0.717, 1.165) is 30.3 Å². The topological polar surface area (TPSA) is 15.3 Å². The molecule has 1 aliphatic heterocycles. The van der Waals surface area contributed by atoms with Crippen LogP contribution in [0.1, 0.15) is 20.8 Å². The van der Waals surface area contributed by atoms with E-state index < -0.39 is 0 Å². The molecule has 1 N–H and O–H groups in total. The van der Waals surface area contributed by atoms with Crippen molar-refractivity contribution in [3.05, 3.63) is 29.3 Å². The van der Waals surface area contributed by atoms with Crippen LogP contribution in [0.5, 0.6) is 0 Å². The molecule has 0 aliphatic carbocycles. The third-order valence-electron chi connectivity index (χ3n) is 3.24. The molecule has 0 amide bonds. The fraction of sp³-hybridized carbons (Fsp3) is 0.571. The Morgan fingerprint density at radius 2 is 2.06 bits per heavy atom. The van der Waals surface area contributed by atoms with Crippen molar-refractivity contribution in [2.24, 2.45) is 5.92 Å². The van der Waals surface area contributed by atoms with Gasteiger partial charge >= 0.3 is 0 Å². The minimum absolute atomic E-state index is 0.129. The highest BCUT2D eigenvalue weighted by Gasteiger charge is 2.27. The molecule has 1 aliphatic rings. The monoisotopic (exact) mass is 252 g/mol. The zero-order chi connectivity index (χ0) is 12.5. The highest BCUT2D eigenvalue weighted by Crippen LogP contribution is 2.28. The van der Waals surface area contributed by atoms with Gasteiger partial charge in [0, 0.05) is 18.6 Å². The molecule has 1 fully saturated rings. The number of para-hydroxylation sites is 1. The molecule has 17 heavy (non-hydrogen) atoms. The summed E-state index contributed by atoms with van der Waals surface area (Å²) >= 11 is 6.29. The van der Waals surface area contributed by atoms with Crippen LogP contribution in [0.25, 0.3) is 0 Å². The van der Waals surface area contributed by atoms with E-state index in [0.29, 0.717) is 5.92 Å². The van der Waals surface area contributed by atoms with Gasteiger partial charge in [-0.15, -0.1) is 0 Å². The molecule has 1 saturated heterocycles. The van der Waals surface area contributed by atoms with Crippen LogP contribution in [0.15, 0.2) is 24.3 Å². The minimum atomic E-state index is 0.129. The first-order chi connectivity index (χ1) is 7.98. The molecule has 1 unspecified atom stereocenters. The van der Waals surface area contributed by atoms with Crippen LogP contribution < -0.4 is 10.2 Å². The van der Waals surface area contributed by atoms with E-state index in [1.807, 2.05) is 12.1 Å². The van der Waals surface area contributed by atoms with Crippen molar-refractivity contribution in [3.63, 3.8) is 0 Å². The zero-order valence-electron chi connectivity index (χ0n) is 10.8. The maximum Gasteiger partial charge on any atom is 0.0639 e. The maximum atomic E-state index is 6.29. The van der Waals surface area contributed by atoms with Crippen LogP contribution >= 0.6 is 11.6 Å². The number of hydrogen-bond acceptors (Lipinski definition) is 2. The standard InChI is InChI=1S/C14H21ClN2/c1-11-8-16-14(2,3)10-17(9-11)13-7-5-4-6-12(13)15/h4-7,11,16H,8-10H2,1-3H3. The minimum Gasteiger partial charge on any atom is -0.368 e. The fourth-order valence-corrected chi connectivity index (χ4v) is 2.64. The quantitative estimate of drug-likeness (QED) is 0.826. The van der Waals surface area contributed by atoms with Gasteiger partial charge in [-0.2, -0.15) is 0 Å². The number of halogens is 1. The summed E-state index contributed by atoms with van der Waals surface area (Å²) in [5.74, 6) is 0.632. The average molecular weight is 253 g/mol. The molecule has 94 valence electrons. The van der Waals surface area contributed by atoms with Crippen LogP contribution in [-0.2, 0) is 0 Å². The Balaban J connectivity index is 2.27. The van der Waals surface area contributed by atoms with Crippen molar-refractivity contribution in [3.8, 4) is 0 Å². The van der Waals surface area contributed by atoms with Gasteiger partial charge in [-0.05, 0) is 38.4 Å². The van der Waals surface area contributed by atoms with E-state index in [1.54, 1.807) is 0 Å². The van der Waals surface area contributed by atoms with Crippen LogP contribution in [0.3, 0.4) is 0 Å². The molecule has 2 nitrogen and oxygen atoms in total. The normalized spacial score (nSPS) is 24.5. The molecule has 0 spiro atoms. The summed E-state index contributed by atoms with van der Waals surface area (Å²) in [4.78, 5) is 2.40. The summed E-state index contributed by atoms with van der Waals surface area (Å²) in [6.07, 6.45) is 0. The highest BCUT2D eigenvalue weighted by atomic mass is 35.5. The molecule has 0 radical (unpaired) electrons. The number of hydrogen-bond donors (Lipinski definition) is 1. The Labute approximate surface area is 109 Å². The van der Waals surface area contributed by atoms with Crippen LogP contribution in [0.4, 0.5) is 5.69 Å². The lowest BCUT2D eigenvalue weighted by atomic mass is 10.1. The fourth-order valence-electron chi connectivity index (χ4n) is 2.38. The van der Waals surface area contributed by atoms with Crippen molar-refractivity contribution in [1.82, 2.24) is 5.32 Å². The highest BCUT2D eigenvalue weighted by molar-refractivity contribution is 6.33. The van der Waals surface area contributed by atoms with Crippen LogP contribution in [-0.4, -0.2) is 25.2 Å². The molecule has 0 bridgehead atoms. The van der Waals surface area contributed by atoms with E-state index >= 15 is 0 Å². The summed E-state index contributed by atoms with van der Waals surface area (Å²) in [7, 11) is 0. The molecular formula is C14H21ClN2. The Morgan fingerprint density at radius 1 is 1.35 bits per heavy atom. The van der Waals surface area contributed by atoms with E-state index in [2.05, 4.69) is 43.1 Å². The molecule has 1 aromatic rings. The Morgan fingerprint density at radius 3 is 2.76 bits per heavy atom. The van der Waals surface area contributed by atoms with Gasteiger partial charge in [-0.3, -0.25) is 0 Å².